The summed E-state index contributed by atoms with van der Waals surface area (Å²) in [6.45, 7) is 0. The summed E-state index contributed by atoms with van der Waals surface area (Å²) in [5, 5.41) is 4.23. The largest absolute Gasteiger partial charge is 0.328 e. The van der Waals surface area contributed by atoms with Gasteiger partial charge in [0, 0.05) is 0 Å². The van der Waals surface area contributed by atoms with E-state index in [4.69, 9.17) is 0 Å². The van der Waals surface area contributed by atoms with E-state index in [0.717, 1.165) is 19.3 Å². The monoisotopic (exact) mass is 244 g/mol. The third kappa shape index (κ3) is 1.68. The molecule has 92 valence electrons. The van der Waals surface area contributed by atoms with Crippen LogP contribution in [0.15, 0.2) is 18.2 Å². The van der Waals surface area contributed by atoms with E-state index in [1.807, 2.05) is 12.1 Å². The van der Waals surface area contributed by atoms with E-state index in [-0.39, 0.29) is 0 Å². The summed E-state index contributed by atoms with van der Waals surface area (Å²) in [6.07, 6.45) is 3.15. The van der Waals surface area contributed by atoms with Crippen LogP contribution in [-0.4, -0.2) is 17.8 Å². The Morgan fingerprint density at radius 2 is 1.61 bits per heavy atom. The molecule has 0 bridgehead atoms. The van der Waals surface area contributed by atoms with Crippen molar-refractivity contribution in [3.63, 3.8) is 0 Å². The van der Waals surface area contributed by atoms with Gasteiger partial charge in [0.1, 0.15) is 5.92 Å². The SMILES string of the molecule is O=C1NC(=O)C(c2ccc3c(c2)CCC3)C(=O)N1. The van der Waals surface area contributed by atoms with E-state index >= 15 is 0 Å². The Labute approximate surface area is 104 Å². The van der Waals surface area contributed by atoms with Crippen molar-refractivity contribution in [1.82, 2.24) is 10.6 Å². The van der Waals surface area contributed by atoms with E-state index in [2.05, 4.69) is 10.6 Å². The number of hydrogen-bond acceptors (Lipinski definition) is 3. The molecular formula is C13H12N2O3. The number of barbiturate groups is 1. The molecule has 1 aliphatic carbocycles. The lowest BCUT2D eigenvalue weighted by atomic mass is 9.93. The van der Waals surface area contributed by atoms with Crippen molar-refractivity contribution < 1.29 is 14.4 Å². The molecule has 0 saturated carbocycles. The normalized spacial score (nSPS) is 19.4. The minimum absolute atomic E-state index is 0.554. The predicted molar refractivity (Wildman–Crippen MR) is 62.9 cm³/mol. The van der Waals surface area contributed by atoms with Crippen molar-refractivity contribution in [2.45, 2.75) is 25.2 Å². The summed E-state index contributed by atoms with van der Waals surface area (Å²) < 4.78 is 0. The fraction of sp³-hybridized carbons (Fsp3) is 0.308. The van der Waals surface area contributed by atoms with Crippen molar-refractivity contribution in [3.8, 4) is 0 Å². The third-order valence-electron chi connectivity index (χ3n) is 3.45. The number of fused-ring (bicyclic) bond motifs is 1. The Bertz CT molecular complexity index is 545. The topological polar surface area (TPSA) is 75.3 Å². The van der Waals surface area contributed by atoms with E-state index in [9.17, 15) is 14.4 Å². The quantitative estimate of drug-likeness (QED) is 0.711. The van der Waals surface area contributed by atoms with Crippen LogP contribution >= 0.6 is 0 Å². The van der Waals surface area contributed by atoms with Gasteiger partial charge in [0.15, 0.2) is 0 Å². The first-order valence-electron chi connectivity index (χ1n) is 5.92. The zero-order valence-electron chi connectivity index (χ0n) is 9.66. The number of urea groups is 1. The number of imide groups is 2. The van der Waals surface area contributed by atoms with Crippen LogP contribution in [0, 0.1) is 0 Å². The molecule has 1 heterocycles. The lowest BCUT2D eigenvalue weighted by Crippen LogP contribution is -2.54. The molecule has 2 aliphatic rings. The number of rotatable bonds is 1. The highest BCUT2D eigenvalue weighted by Gasteiger charge is 2.35. The second kappa shape index (κ2) is 3.94. The maximum Gasteiger partial charge on any atom is 0.328 e. The first kappa shape index (κ1) is 11.0. The van der Waals surface area contributed by atoms with Crippen molar-refractivity contribution in [1.29, 1.82) is 0 Å². The van der Waals surface area contributed by atoms with Gasteiger partial charge < -0.3 is 0 Å². The van der Waals surface area contributed by atoms with Crippen molar-refractivity contribution >= 4 is 17.8 Å². The van der Waals surface area contributed by atoms with Gasteiger partial charge in [-0.3, -0.25) is 20.2 Å². The molecule has 0 unspecified atom stereocenters. The fourth-order valence-corrected chi connectivity index (χ4v) is 2.59. The molecular weight excluding hydrogens is 232 g/mol. The zero-order valence-corrected chi connectivity index (χ0v) is 9.66. The minimum Gasteiger partial charge on any atom is -0.277 e. The van der Waals surface area contributed by atoms with Gasteiger partial charge in [0.25, 0.3) is 0 Å². The van der Waals surface area contributed by atoms with Crippen LogP contribution in [0.4, 0.5) is 4.79 Å². The highest BCUT2D eigenvalue weighted by molar-refractivity contribution is 6.19. The van der Waals surface area contributed by atoms with Crippen LogP contribution in [0.1, 0.15) is 29.0 Å². The van der Waals surface area contributed by atoms with Gasteiger partial charge in [-0.1, -0.05) is 18.2 Å². The summed E-state index contributed by atoms with van der Waals surface area (Å²) in [5.41, 5.74) is 3.13. The standard InChI is InChI=1S/C13H12N2O3/c16-11-10(12(17)15-13(18)14-11)9-5-4-7-2-1-3-8(7)6-9/h4-6,10H,1-3H2,(H2,14,15,16,17,18). The van der Waals surface area contributed by atoms with Gasteiger partial charge in [0.05, 0.1) is 0 Å². The maximum absolute atomic E-state index is 11.7. The number of hydrogen-bond donors (Lipinski definition) is 2. The summed E-state index contributed by atoms with van der Waals surface area (Å²) in [7, 11) is 0. The molecule has 5 heteroatoms. The third-order valence-corrected chi connectivity index (χ3v) is 3.45. The van der Waals surface area contributed by atoms with Crippen LogP contribution in [0.2, 0.25) is 0 Å². The molecule has 3 rings (SSSR count). The van der Waals surface area contributed by atoms with E-state index in [1.54, 1.807) is 6.07 Å². The smallest absolute Gasteiger partial charge is 0.277 e. The number of nitrogens with one attached hydrogen (secondary N) is 2. The molecule has 4 amide bonds. The van der Waals surface area contributed by atoms with Gasteiger partial charge in [-0.2, -0.15) is 0 Å². The Kier molecular flexibility index (Phi) is 2.40. The lowest BCUT2D eigenvalue weighted by Gasteiger charge is -2.21. The van der Waals surface area contributed by atoms with E-state index in [0.29, 0.717) is 5.56 Å². The number of carbonyl (C=O) groups excluding carboxylic acids is 3. The number of aryl methyl sites for hydroxylation is 2. The molecule has 18 heavy (non-hydrogen) atoms. The average Bonchev–Trinajstić information content (AvgIpc) is 2.74. The first-order valence-corrected chi connectivity index (χ1v) is 5.92. The molecule has 1 fully saturated rings. The summed E-state index contributed by atoms with van der Waals surface area (Å²) in [4.78, 5) is 34.4. The van der Waals surface area contributed by atoms with Crippen molar-refractivity contribution in [2.24, 2.45) is 0 Å². The van der Waals surface area contributed by atoms with Crippen LogP contribution in [-0.2, 0) is 22.4 Å². The zero-order chi connectivity index (χ0) is 12.7. The summed E-state index contributed by atoms with van der Waals surface area (Å²) in [6, 6.07) is 4.92. The molecule has 0 atom stereocenters. The van der Waals surface area contributed by atoms with Gasteiger partial charge in [-0.25, -0.2) is 4.79 Å². The summed E-state index contributed by atoms with van der Waals surface area (Å²) >= 11 is 0. The molecule has 1 aromatic carbocycles. The molecule has 1 aliphatic heterocycles. The van der Waals surface area contributed by atoms with Gasteiger partial charge in [-0.15, -0.1) is 0 Å². The minimum atomic E-state index is -0.923. The van der Waals surface area contributed by atoms with Crippen LogP contribution < -0.4 is 10.6 Å². The fourth-order valence-electron chi connectivity index (χ4n) is 2.59. The van der Waals surface area contributed by atoms with Gasteiger partial charge >= 0.3 is 6.03 Å². The Morgan fingerprint density at radius 3 is 2.33 bits per heavy atom. The molecule has 0 spiro atoms. The second-order valence-corrected chi connectivity index (χ2v) is 4.62. The van der Waals surface area contributed by atoms with Crippen LogP contribution in [0.3, 0.4) is 0 Å². The van der Waals surface area contributed by atoms with Crippen LogP contribution in [0.25, 0.3) is 0 Å². The summed E-state index contributed by atoms with van der Waals surface area (Å²) in [5.74, 6) is -2.03. The molecule has 0 aromatic heterocycles. The number of amides is 4. The second-order valence-electron chi connectivity index (χ2n) is 4.62. The number of benzene rings is 1. The Balaban J connectivity index is 1.97. The van der Waals surface area contributed by atoms with Crippen molar-refractivity contribution in [3.05, 3.63) is 34.9 Å². The molecule has 0 radical (unpaired) electrons. The molecule has 1 aromatic rings. The molecule has 5 nitrogen and oxygen atoms in total. The first-order chi connectivity index (χ1) is 8.65. The molecule has 2 N–H and O–H groups in total. The maximum atomic E-state index is 11.7. The number of carbonyl (C=O) groups is 3. The Morgan fingerprint density at radius 1 is 0.944 bits per heavy atom. The highest BCUT2D eigenvalue weighted by Crippen LogP contribution is 2.27. The highest BCUT2D eigenvalue weighted by atomic mass is 16.2. The predicted octanol–water partition coefficient (Wildman–Crippen LogP) is 0.625. The van der Waals surface area contributed by atoms with E-state index in [1.165, 1.54) is 11.1 Å². The van der Waals surface area contributed by atoms with Crippen molar-refractivity contribution in [2.75, 3.05) is 0 Å². The van der Waals surface area contributed by atoms with Gasteiger partial charge in [-0.05, 0) is 36.0 Å². The Hall–Kier alpha value is -2.17. The van der Waals surface area contributed by atoms with Crippen LogP contribution in [0.5, 0.6) is 0 Å². The van der Waals surface area contributed by atoms with E-state index < -0.39 is 23.8 Å². The average molecular weight is 244 g/mol. The molecule has 1 saturated heterocycles. The van der Waals surface area contributed by atoms with Gasteiger partial charge in [0.2, 0.25) is 11.8 Å². The lowest BCUT2D eigenvalue weighted by molar-refractivity contribution is -0.132.